The first-order chi connectivity index (χ1) is 8.39. The summed E-state index contributed by atoms with van der Waals surface area (Å²) in [6.07, 6.45) is -5.79. The minimum atomic E-state index is -4.66. The highest BCUT2D eigenvalue weighted by Gasteiger charge is 2.38. The van der Waals surface area contributed by atoms with Crippen LogP contribution in [0.3, 0.4) is 0 Å². The molecule has 1 aromatic rings. The van der Waals surface area contributed by atoms with E-state index in [1.807, 2.05) is 0 Å². The molecule has 1 saturated heterocycles. The Morgan fingerprint density at radius 1 is 1.33 bits per heavy atom. The van der Waals surface area contributed by atoms with Crippen LogP contribution in [0.4, 0.5) is 17.6 Å². The molecular formula is C11H9F4NO2. The fourth-order valence-electron chi connectivity index (χ4n) is 1.79. The first-order valence-electron chi connectivity index (χ1n) is 5.13. The van der Waals surface area contributed by atoms with E-state index in [2.05, 4.69) is 5.32 Å². The third-order valence-electron chi connectivity index (χ3n) is 2.58. The lowest BCUT2D eigenvalue weighted by molar-refractivity contribution is -0.141. The van der Waals surface area contributed by atoms with E-state index in [1.165, 1.54) is 0 Å². The summed E-state index contributed by atoms with van der Waals surface area (Å²) in [5.41, 5.74) is -1.64. The molecule has 0 radical (unpaired) electrons. The van der Waals surface area contributed by atoms with E-state index in [9.17, 15) is 22.4 Å². The zero-order chi connectivity index (χ0) is 13.3. The maximum Gasteiger partial charge on any atom is 0.416 e. The minimum Gasteiger partial charge on any atom is -0.362 e. The van der Waals surface area contributed by atoms with Gasteiger partial charge in [0.2, 0.25) is 5.91 Å². The number of hydrogen-bond donors (Lipinski definition) is 1. The number of benzene rings is 1. The Bertz CT molecular complexity index is 463. The summed E-state index contributed by atoms with van der Waals surface area (Å²) in [7, 11) is 0. The van der Waals surface area contributed by atoms with Crippen LogP contribution in [0.1, 0.15) is 17.2 Å². The van der Waals surface area contributed by atoms with Crippen molar-refractivity contribution < 1.29 is 27.1 Å². The highest BCUT2D eigenvalue weighted by Crippen LogP contribution is 2.37. The van der Waals surface area contributed by atoms with Gasteiger partial charge in [-0.2, -0.15) is 13.2 Å². The average Bonchev–Trinajstić information content (AvgIpc) is 2.29. The molecule has 2 rings (SSSR count). The molecule has 0 aromatic heterocycles. The van der Waals surface area contributed by atoms with Crippen LogP contribution in [-0.2, 0) is 15.7 Å². The highest BCUT2D eigenvalue weighted by atomic mass is 19.4. The number of halogens is 4. The van der Waals surface area contributed by atoms with Crippen LogP contribution in [-0.4, -0.2) is 19.1 Å². The molecule has 0 aliphatic carbocycles. The fourth-order valence-corrected chi connectivity index (χ4v) is 1.79. The van der Waals surface area contributed by atoms with Gasteiger partial charge in [0.1, 0.15) is 18.5 Å². The quantitative estimate of drug-likeness (QED) is 0.787. The third-order valence-corrected chi connectivity index (χ3v) is 2.58. The maximum atomic E-state index is 13.6. The Balaban J connectivity index is 2.40. The average molecular weight is 263 g/mol. The first-order valence-corrected chi connectivity index (χ1v) is 5.13. The Morgan fingerprint density at radius 2 is 2.06 bits per heavy atom. The van der Waals surface area contributed by atoms with Crippen molar-refractivity contribution in [2.24, 2.45) is 0 Å². The van der Waals surface area contributed by atoms with Crippen molar-refractivity contribution in [2.75, 3.05) is 13.2 Å². The molecule has 0 unspecified atom stereocenters. The maximum absolute atomic E-state index is 13.6. The molecule has 1 N–H and O–H groups in total. The van der Waals surface area contributed by atoms with E-state index >= 15 is 0 Å². The topological polar surface area (TPSA) is 38.3 Å². The largest absolute Gasteiger partial charge is 0.416 e. The lowest BCUT2D eigenvalue weighted by atomic mass is 10.00. The predicted molar refractivity (Wildman–Crippen MR) is 53.1 cm³/mol. The van der Waals surface area contributed by atoms with Gasteiger partial charge in [-0.1, -0.05) is 6.07 Å². The molecule has 0 bridgehead atoms. The van der Waals surface area contributed by atoms with E-state index in [0.717, 1.165) is 18.2 Å². The Morgan fingerprint density at radius 3 is 2.61 bits per heavy atom. The molecule has 18 heavy (non-hydrogen) atoms. The molecule has 1 heterocycles. The summed E-state index contributed by atoms with van der Waals surface area (Å²) >= 11 is 0. The predicted octanol–water partition coefficient (Wildman–Crippen LogP) is 2.03. The standard InChI is InChI=1S/C11H9F4NO2/c12-7-3-1-2-6(11(13,14)15)10(7)8-4-16-9(17)5-18-8/h1-3,8H,4-5H2,(H,16,17)/t8-/m0/s1. The monoisotopic (exact) mass is 263 g/mol. The van der Waals surface area contributed by atoms with Crippen LogP contribution in [0.25, 0.3) is 0 Å². The van der Waals surface area contributed by atoms with Gasteiger partial charge >= 0.3 is 6.18 Å². The molecule has 3 nitrogen and oxygen atoms in total. The minimum absolute atomic E-state index is 0.178. The number of nitrogens with one attached hydrogen (secondary N) is 1. The van der Waals surface area contributed by atoms with E-state index < -0.39 is 35.1 Å². The van der Waals surface area contributed by atoms with E-state index in [4.69, 9.17) is 4.74 Å². The number of rotatable bonds is 1. The third kappa shape index (κ3) is 2.45. The lowest BCUT2D eigenvalue weighted by Gasteiger charge is -2.26. The molecule has 1 fully saturated rings. The van der Waals surface area contributed by atoms with Crippen LogP contribution in [0.2, 0.25) is 0 Å². The SMILES string of the molecule is O=C1CO[C@H](c2c(F)cccc2C(F)(F)F)CN1. The van der Waals surface area contributed by atoms with Crippen molar-refractivity contribution in [1.82, 2.24) is 5.32 Å². The molecular weight excluding hydrogens is 254 g/mol. The molecule has 98 valence electrons. The second-order valence-corrected chi connectivity index (χ2v) is 3.80. The summed E-state index contributed by atoms with van der Waals surface area (Å²) in [5.74, 6) is -1.43. The number of morpholine rings is 1. The van der Waals surface area contributed by atoms with Gasteiger partial charge in [0, 0.05) is 12.1 Å². The summed E-state index contributed by atoms with van der Waals surface area (Å²) < 4.78 is 56.8. The van der Waals surface area contributed by atoms with Gasteiger partial charge in [-0.15, -0.1) is 0 Å². The summed E-state index contributed by atoms with van der Waals surface area (Å²) in [6, 6.07) is 2.71. The summed E-state index contributed by atoms with van der Waals surface area (Å²) in [5, 5.41) is 2.34. The molecule has 1 aliphatic heterocycles. The number of ether oxygens (including phenoxy) is 1. The van der Waals surface area contributed by atoms with Gasteiger partial charge in [-0.05, 0) is 12.1 Å². The second kappa shape index (κ2) is 4.56. The molecule has 0 saturated carbocycles. The van der Waals surface area contributed by atoms with Crippen LogP contribution < -0.4 is 5.32 Å². The number of alkyl halides is 3. The molecule has 1 atom stereocenters. The van der Waals surface area contributed by atoms with Crippen molar-refractivity contribution in [2.45, 2.75) is 12.3 Å². The van der Waals surface area contributed by atoms with Gasteiger partial charge in [0.25, 0.3) is 0 Å². The van der Waals surface area contributed by atoms with Gasteiger partial charge < -0.3 is 10.1 Å². The Labute approximate surface area is 99.7 Å². The van der Waals surface area contributed by atoms with Crippen LogP contribution >= 0.6 is 0 Å². The van der Waals surface area contributed by atoms with Crippen LogP contribution in [0, 0.1) is 5.82 Å². The van der Waals surface area contributed by atoms with Crippen molar-refractivity contribution in [1.29, 1.82) is 0 Å². The normalized spacial score (nSPS) is 20.7. The van der Waals surface area contributed by atoms with E-state index in [1.54, 1.807) is 0 Å². The number of carbonyl (C=O) groups is 1. The zero-order valence-corrected chi connectivity index (χ0v) is 9.05. The van der Waals surface area contributed by atoms with Gasteiger partial charge in [-0.3, -0.25) is 4.79 Å². The van der Waals surface area contributed by atoms with Crippen LogP contribution in [0.5, 0.6) is 0 Å². The van der Waals surface area contributed by atoms with Crippen molar-refractivity contribution in [3.63, 3.8) is 0 Å². The Kier molecular flexibility index (Phi) is 3.25. The number of carbonyl (C=O) groups excluding carboxylic acids is 1. The summed E-state index contributed by atoms with van der Waals surface area (Å²) in [6.45, 7) is -0.556. The van der Waals surface area contributed by atoms with Crippen molar-refractivity contribution in [3.8, 4) is 0 Å². The fraction of sp³-hybridized carbons (Fsp3) is 0.364. The summed E-state index contributed by atoms with van der Waals surface area (Å²) in [4.78, 5) is 10.9. The van der Waals surface area contributed by atoms with Gasteiger partial charge in [0.15, 0.2) is 0 Å². The molecule has 1 amide bonds. The van der Waals surface area contributed by atoms with Gasteiger partial charge in [-0.25, -0.2) is 4.39 Å². The molecule has 1 aliphatic rings. The molecule has 1 aromatic carbocycles. The lowest BCUT2D eigenvalue weighted by Crippen LogP contribution is -2.39. The van der Waals surface area contributed by atoms with Crippen LogP contribution in [0.15, 0.2) is 18.2 Å². The van der Waals surface area contributed by atoms with E-state index in [0.29, 0.717) is 0 Å². The highest BCUT2D eigenvalue weighted by molar-refractivity contribution is 5.77. The Hall–Kier alpha value is -1.63. The first kappa shape index (κ1) is 12.8. The zero-order valence-electron chi connectivity index (χ0n) is 9.05. The number of amides is 1. The van der Waals surface area contributed by atoms with Gasteiger partial charge in [0.05, 0.1) is 5.56 Å². The molecule has 7 heteroatoms. The second-order valence-electron chi connectivity index (χ2n) is 3.80. The van der Waals surface area contributed by atoms with E-state index in [-0.39, 0.29) is 13.2 Å². The molecule has 0 spiro atoms. The smallest absolute Gasteiger partial charge is 0.362 e. The van der Waals surface area contributed by atoms with Crippen molar-refractivity contribution in [3.05, 3.63) is 35.1 Å². The van der Waals surface area contributed by atoms with Crippen molar-refractivity contribution >= 4 is 5.91 Å². The number of hydrogen-bond acceptors (Lipinski definition) is 2.